The van der Waals surface area contributed by atoms with Crippen molar-refractivity contribution in [2.24, 2.45) is 5.73 Å². The lowest BCUT2D eigenvalue weighted by Crippen LogP contribution is -2.21. The summed E-state index contributed by atoms with van der Waals surface area (Å²) in [5, 5.41) is 0. The van der Waals surface area contributed by atoms with Crippen LogP contribution in [0.15, 0.2) is 12.1 Å². The van der Waals surface area contributed by atoms with E-state index in [4.69, 9.17) is 15.2 Å². The molecule has 1 aliphatic rings. The van der Waals surface area contributed by atoms with E-state index in [2.05, 4.69) is 0 Å². The van der Waals surface area contributed by atoms with Gasteiger partial charge in [-0.2, -0.15) is 13.2 Å². The van der Waals surface area contributed by atoms with Crippen LogP contribution in [0.4, 0.5) is 13.2 Å². The Balaban J connectivity index is 2.55. The van der Waals surface area contributed by atoms with E-state index in [1.165, 1.54) is 12.1 Å². The molecule has 0 fully saturated rings. The molecule has 1 aliphatic heterocycles. The largest absolute Gasteiger partial charge is 0.486 e. The van der Waals surface area contributed by atoms with Crippen molar-refractivity contribution in [3.8, 4) is 11.5 Å². The van der Waals surface area contributed by atoms with Gasteiger partial charge < -0.3 is 15.2 Å². The number of nitrogens with two attached hydrogens (primary N) is 1. The summed E-state index contributed by atoms with van der Waals surface area (Å²) in [4.78, 5) is 0. The lowest BCUT2D eigenvalue weighted by molar-refractivity contribution is -0.140. The Kier molecular flexibility index (Phi) is 3.15. The number of halogens is 3. The van der Waals surface area contributed by atoms with E-state index in [0.717, 1.165) is 0 Å². The fourth-order valence-electron chi connectivity index (χ4n) is 1.83. The third kappa shape index (κ3) is 2.31. The number of rotatable bonds is 2. The van der Waals surface area contributed by atoms with Crippen molar-refractivity contribution in [2.45, 2.75) is 12.6 Å². The summed E-state index contributed by atoms with van der Waals surface area (Å²) in [5.41, 5.74) is 4.69. The molecular formula is C11H12F3NO2. The molecule has 1 aromatic rings. The normalized spacial score (nSPS) is 14.8. The van der Waals surface area contributed by atoms with E-state index >= 15 is 0 Å². The first kappa shape index (κ1) is 12.0. The summed E-state index contributed by atoms with van der Waals surface area (Å²) < 4.78 is 49.2. The average Bonchev–Trinajstić information content (AvgIpc) is 2.27. The van der Waals surface area contributed by atoms with Crippen molar-refractivity contribution in [3.05, 3.63) is 23.3 Å². The molecule has 1 aromatic carbocycles. The zero-order chi connectivity index (χ0) is 12.5. The average molecular weight is 247 g/mol. The second-order valence-corrected chi connectivity index (χ2v) is 3.66. The first-order valence-electron chi connectivity index (χ1n) is 5.23. The molecule has 0 unspecified atom stereocenters. The molecule has 2 rings (SSSR count). The van der Waals surface area contributed by atoms with Crippen LogP contribution in [0.2, 0.25) is 0 Å². The van der Waals surface area contributed by atoms with Gasteiger partial charge in [-0.05, 0) is 24.6 Å². The zero-order valence-corrected chi connectivity index (χ0v) is 9.01. The summed E-state index contributed by atoms with van der Waals surface area (Å²) in [7, 11) is 0. The summed E-state index contributed by atoms with van der Waals surface area (Å²) in [6.45, 7) is 0.547. The number of fused-ring (bicyclic) bond motifs is 1. The number of alkyl halides is 3. The van der Waals surface area contributed by atoms with Crippen molar-refractivity contribution in [1.29, 1.82) is 0 Å². The Morgan fingerprint density at radius 3 is 2.53 bits per heavy atom. The topological polar surface area (TPSA) is 44.5 Å². The minimum atomic E-state index is -4.46. The lowest BCUT2D eigenvalue weighted by atomic mass is 10.0. The van der Waals surface area contributed by atoms with Crippen LogP contribution in [0.5, 0.6) is 11.5 Å². The van der Waals surface area contributed by atoms with Gasteiger partial charge in [-0.1, -0.05) is 6.07 Å². The predicted octanol–water partition coefficient (Wildman–Crippen LogP) is 1.98. The van der Waals surface area contributed by atoms with E-state index in [0.29, 0.717) is 0 Å². The standard InChI is InChI=1S/C11H12F3NO2/c12-11(13,14)9-7(3-4-15)1-2-8-10(9)17-6-5-16-8/h1-2H,3-6,15H2. The maximum absolute atomic E-state index is 13.0. The molecule has 0 spiro atoms. The summed E-state index contributed by atoms with van der Waals surface area (Å²) in [6.07, 6.45) is -4.30. The minimum Gasteiger partial charge on any atom is -0.486 e. The molecule has 6 heteroatoms. The predicted molar refractivity (Wildman–Crippen MR) is 55.2 cm³/mol. The summed E-state index contributed by atoms with van der Waals surface area (Å²) in [6, 6.07) is 2.89. The maximum atomic E-state index is 13.0. The van der Waals surface area contributed by atoms with Gasteiger partial charge in [0.2, 0.25) is 0 Å². The van der Waals surface area contributed by atoms with Crippen LogP contribution in [0.1, 0.15) is 11.1 Å². The smallest absolute Gasteiger partial charge is 0.420 e. The van der Waals surface area contributed by atoms with Gasteiger partial charge in [0, 0.05) is 0 Å². The van der Waals surface area contributed by atoms with Crippen molar-refractivity contribution in [2.75, 3.05) is 19.8 Å². The monoisotopic (exact) mass is 247 g/mol. The second-order valence-electron chi connectivity index (χ2n) is 3.66. The molecule has 0 bridgehead atoms. The van der Waals surface area contributed by atoms with Gasteiger partial charge in [0.1, 0.15) is 18.8 Å². The maximum Gasteiger partial charge on any atom is 0.420 e. The number of ether oxygens (including phenoxy) is 2. The molecule has 0 aromatic heterocycles. The highest BCUT2D eigenvalue weighted by Gasteiger charge is 2.39. The summed E-state index contributed by atoms with van der Waals surface area (Å²) in [5.74, 6) is -0.0703. The highest BCUT2D eigenvalue weighted by atomic mass is 19.4. The second kappa shape index (κ2) is 4.44. The first-order valence-corrected chi connectivity index (χ1v) is 5.23. The fourth-order valence-corrected chi connectivity index (χ4v) is 1.83. The Morgan fingerprint density at radius 1 is 1.18 bits per heavy atom. The van der Waals surface area contributed by atoms with E-state index in [-0.39, 0.29) is 43.2 Å². The highest BCUT2D eigenvalue weighted by molar-refractivity contribution is 5.53. The fraction of sp³-hybridized carbons (Fsp3) is 0.455. The van der Waals surface area contributed by atoms with Gasteiger partial charge >= 0.3 is 6.18 Å². The Hall–Kier alpha value is -1.43. The van der Waals surface area contributed by atoms with E-state index < -0.39 is 11.7 Å². The van der Waals surface area contributed by atoms with Crippen LogP contribution in [0, 0.1) is 0 Å². The number of hydrogen-bond donors (Lipinski definition) is 1. The SMILES string of the molecule is NCCc1ccc2c(c1C(F)(F)F)OCCO2. The zero-order valence-electron chi connectivity index (χ0n) is 9.01. The highest BCUT2D eigenvalue weighted by Crippen LogP contribution is 2.45. The van der Waals surface area contributed by atoms with Crippen molar-refractivity contribution >= 4 is 0 Å². The van der Waals surface area contributed by atoms with Crippen LogP contribution >= 0.6 is 0 Å². The van der Waals surface area contributed by atoms with Crippen molar-refractivity contribution in [3.63, 3.8) is 0 Å². The molecule has 0 saturated carbocycles. The molecule has 1 heterocycles. The Morgan fingerprint density at radius 2 is 1.88 bits per heavy atom. The minimum absolute atomic E-state index is 0.127. The van der Waals surface area contributed by atoms with Crippen LogP contribution in [0.3, 0.4) is 0 Å². The van der Waals surface area contributed by atoms with E-state index in [9.17, 15) is 13.2 Å². The quantitative estimate of drug-likeness (QED) is 0.869. The number of hydrogen-bond acceptors (Lipinski definition) is 3. The van der Waals surface area contributed by atoms with Crippen LogP contribution < -0.4 is 15.2 Å². The molecule has 94 valence electrons. The Labute approximate surface area is 96.3 Å². The van der Waals surface area contributed by atoms with Crippen molar-refractivity contribution < 1.29 is 22.6 Å². The summed E-state index contributed by atoms with van der Waals surface area (Å²) >= 11 is 0. The van der Waals surface area contributed by atoms with Gasteiger partial charge in [-0.25, -0.2) is 0 Å². The molecule has 3 nitrogen and oxygen atoms in total. The van der Waals surface area contributed by atoms with E-state index in [1.54, 1.807) is 0 Å². The molecule has 0 saturated heterocycles. The van der Waals surface area contributed by atoms with Crippen LogP contribution in [0.25, 0.3) is 0 Å². The van der Waals surface area contributed by atoms with Crippen molar-refractivity contribution in [1.82, 2.24) is 0 Å². The molecule has 17 heavy (non-hydrogen) atoms. The number of benzene rings is 1. The molecule has 0 amide bonds. The third-order valence-electron chi connectivity index (χ3n) is 2.49. The molecule has 2 N–H and O–H groups in total. The van der Waals surface area contributed by atoms with Gasteiger partial charge in [0.15, 0.2) is 11.5 Å². The molecule has 0 radical (unpaired) electrons. The lowest BCUT2D eigenvalue weighted by Gasteiger charge is -2.24. The van der Waals surface area contributed by atoms with Gasteiger partial charge in [-0.3, -0.25) is 0 Å². The first-order chi connectivity index (χ1) is 8.04. The van der Waals surface area contributed by atoms with Gasteiger partial charge in [0.05, 0.1) is 0 Å². The third-order valence-corrected chi connectivity index (χ3v) is 2.49. The van der Waals surface area contributed by atoms with Crippen LogP contribution in [-0.2, 0) is 12.6 Å². The molecular weight excluding hydrogens is 235 g/mol. The van der Waals surface area contributed by atoms with E-state index in [1.807, 2.05) is 0 Å². The Bertz CT molecular complexity index is 418. The van der Waals surface area contributed by atoms with Gasteiger partial charge in [-0.15, -0.1) is 0 Å². The van der Waals surface area contributed by atoms with Crippen LogP contribution in [-0.4, -0.2) is 19.8 Å². The molecule has 0 atom stereocenters. The molecule has 0 aliphatic carbocycles. The van der Waals surface area contributed by atoms with Gasteiger partial charge in [0.25, 0.3) is 0 Å².